The van der Waals surface area contributed by atoms with Crippen molar-refractivity contribution in [2.45, 2.75) is 19.9 Å². The fourth-order valence-electron chi connectivity index (χ4n) is 2.90. The molecule has 2 aromatic rings. The summed E-state index contributed by atoms with van der Waals surface area (Å²) in [5.74, 6) is 0.968. The normalized spacial score (nSPS) is 15.7. The molecular weight excluding hydrogens is 318 g/mol. The van der Waals surface area contributed by atoms with Gasteiger partial charge in [0, 0.05) is 50.0 Å². The van der Waals surface area contributed by atoms with Gasteiger partial charge in [-0.3, -0.25) is 4.99 Å². The fraction of sp³-hybridized carbons (Fsp3) is 0.444. The van der Waals surface area contributed by atoms with Crippen LogP contribution in [0.3, 0.4) is 0 Å². The van der Waals surface area contributed by atoms with Crippen molar-refractivity contribution < 1.29 is 0 Å². The predicted molar refractivity (Wildman–Crippen MR) is 102 cm³/mol. The van der Waals surface area contributed by atoms with Crippen LogP contribution in [0, 0.1) is 0 Å². The fourth-order valence-corrected chi connectivity index (χ4v) is 3.70. The van der Waals surface area contributed by atoms with E-state index in [0.29, 0.717) is 0 Å². The second-order valence-corrected chi connectivity index (χ2v) is 6.98. The number of guanidine groups is 1. The lowest BCUT2D eigenvalue weighted by Crippen LogP contribution is -2.52. The SMILES string of the molecule is CCc1cnc(CNC(=NC)N2CCN(c3ccccc3)CC2)s1. The number of hydrogen-bond acceptors (Lipinski definition) is 4. The number of anilines is 1. The molecule has 0 atom stereocenters. The van der Waals surface area contributed by atoms with Crippen LogP contribution in [-0.2, 0) is 13.0 Å². The number of para-hydroxylation sites is 1. The Morgan fingerprint density at radius 3 is 2.58 bits per heavy atom. The molecular formula is C18H25N5S. The molecule has 128 valence electrons. The predicted octanol–water partition coefficient (Wildman–Crippen LogP) is 2.60. The zero-order valence-electron chi connectivity index (χ0n) is 14.4. The number of aliphatic imine (C=N–C) groups is 1. The number of rotatable bonds is 4. The number of piperazine rings is 1. The monoisotopic (exact) mass is 343 g/mol. The second-order valence-electron chi connectivity index (χ2n) is 5.78. The topological polar surface area (TPSA) is 43.8 Å². The first-order valence-electron chi connectivity index (χ1n) is 8.49. The summed E-state index contributed by atoms with van der Waals surface area (Å²) in [4.78, 5) is 15.0. The number of thiazole rings is 1. The first-order valence-corrected chi connectivity index (χ1v) is 9.31. The lowest BCUT2D eigenvalue weighted by molar-refractivity contribution is 0.372. The van der Waals surface area contributed by atoms with Gasteiger partial charge in [0.2, 0.25) is 0 Å². The van der Waals surface area contributed by atoms with Crippen LogP contribution in [0.25, 0.3) is 0 Å². The number of nitrogens with one attached hydrogen (secondary N) is 1. The highest BCUT2D eigenvalue weighted by molar-refractivity contribution is 7.11. The van der Waals surface area contributed by atoms with Crippen molar-refractivity contribution >= 4 is 23.0 Å². The third-order valence-electron chi connectivity index (χ3n) is 4.26. The average Bonchev–Trinajstić information content (AvgIpc) is 3.12. The Kier molecular flexibility index (Phi) is 5.69. The summed E-state index contributed by atoms with van der Waals surface area (Å²) >= 11 is 1.77. The second kappa shape index (κ2) is 8.15. The Morgan fingerprint density at radius 2 is 1.96 bits per heavy atom. The van der Waals surface area contributed by atoms with Crippen LogP contribution >= 0.6 is 11.3 Å². The molecule has 1 aromatic heterocycles. The highest BCUT2D eigenvalue weighted by Gasteiger charge is 2.19. The van der Waals surface area contributed by atoms with E-state index in [0.717, 1.165) is 50.1 Å². The molecule has 3 rings (SSSR count). The zero-order valence-corrected chi connectivity index (χ0v) is 15.2. The molecule has 0 bridgehead atoms. The molecule has 1 N–H and O–H groups in total. The summed E-state index contributed by atoms with van der Waals surface area (Å²) in [5, 5.41) is 4.57. The highest BCUT2D eigenvalue weighted by atomic mass is 32.1. The van der Waals surface area contributed by atoms with Crippen LogP contribution in [0.1, 0.15) is 16.8 Å². The van der Waals surface area contributed by atoms with E-state index in [-0.39, 0.29) is 0 Å². The van der Waals surface area contributed by atoms with Gasteiger partial charge >= 0.3 is 0 Å². The maximum Gasteiger partial charge on any atom is 0.194 e. The summed E-state index contributed by atoms with van der Waals surface area (Å²) in [5.41, 5.74) is 1.30. The first-order chi connectivity index (χ1) is 11.8. The van der Waals surface area contributed by atoms with E-state index in [2.05, 4.69) is 62.3 Å². The van der Waals surface area contributed by atoms with E-state index in [9.17, 15) is 0 Å². The molecule has 2 heterocycles. The molecule has 5 nitrogen and oxygen atoms in total. The molecule has 0 saturated carbocycles. The van der Waals surface area contributed by atoms with Crippen molar-refractivity contribution in [1.82, 2.24) is 15.2 Å². The van der Waals surface area contributed by atoms with Gasteiger partial charge in [-0.05, 0) is 18.6 Å². The third kappa shape index (κ3) is 4.06. The third-order valence-corrected chi connectivity index (χ3v) is 5.40. The molecule has 0 amide bonds. The van der Waals surface area contributed by atoms with Crippen LogP contribution in [0.4, 0.5) is 5.69 Å². The molecule has 1 fully saturated rings. The number of benzene rings is 1. The summed E-state index contributed by atoms with van der Waals surface area (Å²) in [6, 6.07) is 10.6. The minimum Gasteiger partial charge on any atom is -0.368 e. The largest absolute Gasteiger partial charge is 0.368 e. The molecule has 1 aliphatic rings. The molecule has 24 heavy (non-hydrogen) atoms. The number of aryl methyl sites for hydroxylation is 1. The van der Waals surface area contributed by atoms with Gasteiger partial charge in [-0.1, -0.05) is 25.1 Å². The molecule has 1 aliphatic heterocycles. The smallest absolute Gasteiger partial charge is 0.194 e. The first kappa shape index (κ1) is 16.8. The Labute approximate surface area is 148 Å². The van der Waals surface area contributed by atoms with Gasteiger partial charge < -0.3 is 15.1 Å². The van der Waals surface area contributed by atoms with Gasteiger partial charge in [-0.25, -0.2) is 4.98 Å². The molecule has 1 saturated heterocycles. The van der Waals surface area contributed by atoms with Crippen LogP contribution in [0.5, 0.6) is 0 Å². The van der Waals surface area contributed by atoms with Gasteiger partial charge in [0.05, 0.1) is 6.54 Å². The van der Waals surface area contributed by atoms with E-state index in [4.69, 9.17) is 0 Å². The van der Waals surface area contributed by atoms with Gasteiger partial charge in [0.15, 0.2) is 5.96 Å². The number of nitrogens with zero attached hydrogens (tertiary/aromatic N) is 4. The number of hydrogen-bond donors (Lipinski definition) is 1. The Morgan fingerprint density at radius 1 is 1.21 bits per heavy atom. The minimum absolute atomic E-state index is 0.746. The van der Waals surface area contributed by atoms with E-state index in [1.54, 1.807) is 11.3 Å². The Hall–Kier alpha value is -2.08. The summed E-state index contributed by atoms with van der Waals surface area (Å²) < 4.78 is 0. The lowest BCUT2D eigenvalue weighted by atomic mass is 10.2. The molecule has 0 radical (unpaired) electrons. The minimum atomic E-state index is 0.746. The van der Waals surface area contributed by atoms with Crippen molar-refractivity contribution in [1.29, 1.82) is 0 Å². The number of aromatic nitrogens is 1. The average molecular weight is 344 g/mol. The van der Waals surface area contributed by atoms with E-state index < -0.39 is 0 Å². The van der Waals surface area contributed by atoms with E-state index in [1.807, 2.05) is 13.2 Å². The summed E-state index contributed by atoms with van der Waals surface area (Å²) in [6.07, 6.45) is 3.02. The Bertz CT molecular complexity index is 659. The maximum atomic E-state index is 4.46. The van der Waals surface area contributed by atoms with Crippen LogP contribution in [0.15, 0.2) is 41.5 Å². The van der Waals surface area contributed by atoms with Crippen molar-refractivity contribution in [3.8, 4) is 0 Å². The van der Waals surface area contributed by atoms with E-state index in [1.165, 1.54) is 10.6 Å². The highest BCUT2D eigenvalue weighted by Crippen LogP contribution is 2.16. The molecule has 1 aromatic carbocycles. The zero-order chi connectivity index (χ0) is 16.8. The summed E-state index contributed by atoms with van der Waals surface area (Å²) in [7, 11) is 1.85. The van der Waals surface area contributed by atoms with Crippen LogP contribution in [-0.4, -0.2) is 49.1 Å². The Balaban J connectivity index is 1.52. The molecule has 0 spiro atoms. The summed E-state index contributed by atoms with van der Waals surface area (Å²) in [6.45, 7) is 6.90. The van der Waals surface area contributed by atoms with Crippen LogP contribution < -0.4 is 10.2 Å². The van der Waals surface area contributed by atoms with Crippen molar-refractivity contribution in [2.75, 3.05) is 38.1 Å². The van der Waals surface area contributed by atoms with Gasteiger partial charge in [-0.15, -0.1) is 11.3 Å². The van der Waals surface area contributed by atoms with Gasteiger partial charge in [0.1, 0.15) is 5.01 Å². The molecule has 0 aliphatic carbocycles. The molecule has 0 unspecified atom stereocenters. The van der Waals surface area contributed by atoms with Crippen molar-refractivity contribution in [3.05, 3.63) is 46.4 Å². The van der Waals surface area contributed by atoms with Gasteiger partial charge in [0.25, 0.3) is 0 Å². The van der Waals surface area contributed by atoms with Crippen LogP contribution in [0.2, 0.25) is 0 Å². The molecule has 6 heteroatoms. The maximum absolute atomic E-state index is 4.46. The van der Waals surface area contributed by atoms with E-state index >= 15 is 0 Å². The lowest BCUT2D eigenvalue weighted by Gasteiger charge is -2.37. The van der Waals surface area contributed by atoms with Crippen molar-refractivity contribution in [2.24, 2.45) is 4.99 Å². The van der Waals surface area contributed by atoms with Gasteiger partial charge in [-0.2, -0.15) is 0 Å². The van der Waals surface area contributed by atoms with Crippen molar-refractivity contribution in [3.63, 3.8) is 0 Å². The quantitative estimate of drug-likeness (QED) is 0.685. The standard InChI is InChI=1S/C18H25N5S/c1-3-16-13-20-17(24-16)14-21-18(19-2)23-11-9-22(10-12-23)15-7-5-4-6-8-15/h4-8,13H,3,9-12,14H2,1-2H3,(H,19,21).